The fraction of sp³-hybridized carbons (Fsp3) is 0.562. The van der Waals surface area contributed by atoms with Crippen molar-refractivity contribution < 1.29 is 9.18 Å². The molecule has 0 heterocycles. The molecule has 116 valence electrons. The lowest BCUT2D eigenvalue weighted by atomic mass is 10.1. The number of nitrogen functional groups attached to an aromatic ring is 1. The summed E-state index contributed by atoms with van der Waals surface area (Å²) in [5, 5.41) is 2.75. The van der Waals surface area contributed by atoms with Crippen LogP contribution >= 0.6 is 11.8 Å². The zero-order valence-electron chi connectivity index (χ0n) is 12.2. The summed E-state index contributed by atoms with van der Waals surface area (Å²) in [5.74, 6) is 2.65. The van der Waals surface area contributed by atoms with Crippen LogP contribution in [0, 0.1) is 11.7 Å². The van der Waals surface area contributed by atoms with E-state index in [-0.39, 0.29) is 11.6 Å². The third-order valence-corrected chi connectivity index (χ3v) is 5.09. The van der Waals surface area contributed by atoms with Gasteiger partial charge in [0.1, 0.15) is 5.82 Å². The van der Waals surface area contributed by atoms with Gasteiger partial charge in [-0.25, -0.2) is 4.39 Å². The Morgan fingerprint density at radius 1 is 1.38 bits per heavy atom. The molecule has 0 atom stereocenters. The maximum atomic E-state index is 13.0. The standard InChI is InChI=1S/C16H23FN2OS/c17-14-8-7-13(10-15(14)18)19-16(20)6-3-9-21-11-12-4-1-2-5-12/h7-8,10,12H,1-6,9,11,18H2,(H,19,20). The van der Waals surface area contributed by atoms with Crippen LogP contribution in [-0.4, -0.2) is 17.4 Å². The number of carbonyl (C=O) groups excluding carboxylic acids is 1. The first kappa shape index (κ1) is 16.1. The molecule has 1 saturated carbocycles. The molecule has 1 amide bonds. The minimum Gasteiger partial charge on any atom is -0.396 e. The van der Waals surface area contributed by atoms with Crippen molar-refractivity contribution >= 4 is 29.0 Å². The van der Waals surface area contributed by atoms with E-state index in [4.69, 9.17) is 5.73 Å². The number of thioether (sulfide) groups is 1. The van der Waals surface area contributed by atoms with Crippen LogP contribution in [0.1, 0.15) is 38.5 Å². The van der Waals surface area contributed by atoms with Gasteiger partial charge in [-0.2, -0.15) is 11.8 Å². The van der Waals surface area contributed by atoms with E-state index in [1.165, 1.54) is 49.6 Å². The summed E-state index contributed by atoms with van der Waals surface area (Å²) in [6.07, 6.45) is 6.89. The van der Waals surface area contributed by atoms with Gasteiger partial charge in [0.05, 0.1) is 5.69 Å². The predicted molar refractivity (Wildman–Crippen MR) is 88.0 cm³/mol. The van der Waals surface area contributed by atoms with E-state index in [0.29, 0.717) is 12.1 Å². The fourth-order valence-corrected chi connectivity index (χ4v) is 3.79. The molecule has 0 bridgehead atoms. The molecule has 1 fully saturated rings. The van der Waals surface area contributed by atoms with E-state index >= 15 is 0 Å². The van der Waals surface area contributed by atoms with E-state index in [1.807, 2.05) is 11.8 Å². The number of nitrogens with one attached hydrogen (secondary N) is 1. The van der Waals surface area contributed by atoms with E-state index < -0.39 is 5.82 Å². The lowest BCUT2D eigenvalue weighted by Gasteiger charge is -2.08. The highest BCUT2D eigenvalue weighted by atomic mass is 32.2. The lowest BCUT2D eigenvalue weighted by Crippen LogP contribution is -2.12. The lowest BCUT2D eigenvalue weighted by molar-refractivity contribution is -0.116. The van der Waals surface area contributed by atoms with Gasteiger partial charge >= 0.3 is 0 Å². The minimum absolute atomic E-state index is 0.0394. The number of halogens is 1. The molecule has 21 heavy (non-hydrogen) atoms. The zero-order valence-corrected chi connectivity index (χ0v) is 13.1. The van der Waals surface area contributed by atoms with Crippen LogP contribution in [0.25, 0.3) is 0 Å². The summed E-state index contributed by atoms with van der Waals surface area (Å²) >= 11 is 1.95. The number of hydrogen-bond acceptors (Lipinski definition) is 3. The van der Waals surface area contributed by atoms with Crippen LogP contribution in [0.15, 0.2) is 18.2 Å². The Hall–Kier alpha value is -1.23. The number of anilines is 2. The molecule has 2 rings (SSSR count). The first-order chi connectivity index (χ1) is 10.1. The van der Waals surface area contributed by atoms with Crippen molar-refractivity contribution in [1.82, 2.24) is 0 Å². The summed E-state index contributed by atoms with van der Waals surface area (Å²) in [5.41, 5.74) is 6.07. The van der Waals surface area contributed by atoms with Crippen molar-refractivity contribution in [2.24, 2.45) is 5.92 Å². The van der Waals surface area contributed by atoms with Crippen molar-refractivity contribution in [3.05, 3.63) is 24.0 Å². The maximum Gasteiger partial charge on any atom is 0.224 e. The normalized spacial score (nSPS) is 15.3. The summed E-state index contributed by atoms with van der Waals surface area (Å²) in [7, 11) is 0. The summed E-state index contributed by atoms with van der Waals surface area (Å²) in [4.78, 5) is 11.8. The van der Waals surface area contributed by atoms with Crippen molar-refractivity contribution in [2.75, 3.05) is 22.6 Å². The van der Waals surface area contributed by atoms with E-state index in [1.54, 1.807) is 0 Å². The van der Waals surface area contributed by atoms with Gasteiger partial charge in [0.25, 0.3) is 0 Å². The largest absolute Gasteiger partial charge is 0.396 e. The number of carbonyl (C=O) groups is 1. The summed E-state index contributed by atoms with van der Waals surface area (Å²) in [6.45, 7) is 0. The molecule has 0 unspecified atom stereocenters. The van der Waals surface area contributed by atoms with Crippen molar-refractivity contribution in [3.8, 4) is 0 Å². The topological polar surface area (TPSA) is 55.1 Å². The highest BCUT2D eigenvalue weighted by Crippen LogP contribution is 2.28. The fourth-order valence-electron chi connectivity index (χ4n) is 2.61. The Morgan fingerprint density at radius 3 is 2.86 bits per heavy atom. The Morgan fingerprint density at radius 2 is 2.14 bits per heavy atom. The molecule has 1 aliphatic rings. The highest BCUT2D eigenvalue weighted by molar-refractivity contribution is 7.99. The molecule has 1 aromatic carbocycles. The molecule has 5 heteroatoms. The Kier molecular flexibility index (Phi) is 6.36. The molecular weight excluding hydrogens is 287 g/mol. The summed E-state index contributed by atoms with van der Waals surface area (Å²) < 4.78 is 13.0. The SMILES string of the molecule is Nc1cc(NC(=O)CCCSCC2CCCC2)ccc1F. The number of rotatable bonds is 7. The number of nitrogens with two attached hydrogens (primary N) is 1. The molecule has 0 spiro atoms. The van der Waals surface area contributed by atoms with Crippen LogP contribution < -0.4 is 11.1 Å². The Bertz CT molecular complexity index is 475. The van der Waals surface area contributed by atoms with Crippen LogP contribution in [0.3, 0.4) is 0 Å². The van der Waals surface area contributed by atoms with E-state index in [9.17, 15) is 9.18 Å². The maximum absolute atomic E-state index is 13.0. The molecular formula is C16H23FN2OS. The van der Waals surface area contributed by atoms with Crippen molar-refractivity contribution in [2.45, 2.75) is 38.5 Å². The van der Waals surface area contributed by atoms with Crippen molar-refractivity contribution in [3.63, 3.8) is 0 Å². The predicted octanol–water partition coefficient (Wildman–Crippen LogP) is 4.05. The first-order valence-corrected chi connectivity index (χ1v) is 8.73. The number of amides is 1. The minimum atomic E-state index is -0.462. The van der Waals surface area contributed by atoms with Gasteiger partial charge in [0.15, 0.2) is 0 Å². The van der Waals surface area contributed by atoms with Gasteiger partial charge in [-0.1, -0.05) is 12.8 Å². The molecule has 1 aliphatic carbocycles. The number of hydrogen-bond donors (Lipinski definition) is 2. The highest BCUT2D eigenvalue weighted by Gasteiger charge is 2.14. The first-order valence-electron chi connectivity index (χ1n) is 7.58. The molecule has 0 saturated heterocycles. The van der Waals surface area contributed by atoms with E-state index in [0.717, 1.165) is 18.1 Å². The second-order valence-electron chi connectivity index (χ2n) is 5.61. The second-order valence-corrected chi connectivity index (χ2v) is 6.76. The van der Waals surface area contributed by atoms with Gasteiger partial charge in [-0.05, 0) is 54.9 Å². The molecule has 0 aromatic heterocycles. The third kappa shape index (κ3) is 5.58. The van der Waals surface area contributed by atoms with Crippen LogP contribution in [0.4, 0.5) is 15.8 Å². The Labute approximate surface area is 129 Å². The molecule has 0 radical (unpaired) electrons. The van der Waals surface area contributed by atoms with E-state index in [2.05, 4.69) is 5.32 Å². The van der Waals surface area contributed by atoms with Crippen LogP contribution in [-0.2, 0) is 4.79 Å². The Balaban J connectivity index is 1.59. The second kappa shape index (κ2) is 8.27. The third-order valence-electron chi connectivity index (χ3n) is 3.80. The molecule has 3 nitrogen and oxygen atoms in total. The van der Waals surface area contributed by atoms with Gasteiger partial charge in [-0.3, -0.25) is 4.79 Å². The molecule has 1 aromatic rings. The average Bonchev–Trinajstić information content (AvgIpc) is 2.96. The number of benzene rings is 1. The van der Waals surface area contributed by atoms with Crippen LogP contribution in [0.2, 0.25) is 0 Å². The zero-order chi connectivity index (χ0) is 15.1. The summed E-state index contributed by atoms with van der Waals surface area (Å²) in [6, 6.07) is 4.24. The van der Waals surface area contributed by atoms with Gasteiger partial charge < -0.3 is 11.1 Å². The van der Waals surface area contributed by atoms with Gasteiger partial charge in [0, 0.05) is 12.1 Å². The van der Waals surface area contributed by atoms with Crippen LogP contribution in [0.5, 0.6) is 0 Å². The monoisotopic (exact) mass is 310 g/mol. The smallest absolute Gasteiger partial charge is 0.224 e. The van der Waals surface area contributed by atoms with Gasteiger partial charge in [-0.15, -0.1) is 0 Å². The van der Waals surface area contributed by atoms with Crippen molar-refractivity contribution in [1.29, 1.82) is 0 Å². The average molecular weight is 310 g/mol. The molecule has 3 N–H and O–H groups in total. The quantitative estimate of drug-likeness (QED) is 0.590. The van der Waals surface area contributed by atoms with Gasteiger partial charge in [0.2, 0.25) is 5.91 Å². The molecule has 0 aliphatic heterocycles.